The number of hydrogen-bond acceptors (Lipinski definition) is 4. The van der Waals surface area contributed by atoms with Gasteiger partial charge in [0, 0.05) is 18.4 Å². The van der Waals surface area contributed by atoms with Crippen molar-refractivity contribution in [2.24, 2.45) is 5.92 Å². The number of rotatable bonds is 9. The van der Waals surface area contributed by atoms with Gasteiger partial charge in [0.2, 0.25) is 5.91 Å². The number of aliphatic carboxylic acids is 1. The summed E-state index contributed by atoms with van der Waals surface area (Å²) in [7, 11) is 0. The van der Waals surface area contributed by atoms with E-state index in [-0.39, 0.29) is 37.3 Å². The summed E-state index contributed by atoms with van der Waals surface area (Å²) in [5.41, 5.74) is 4.46. The van der Waals surface area contributed by atoms with E-state index in [4.69, 9.17) is 9.84 Å². The van der Waals surface area contributed by atoms with Crippen LogP contribution in [0.25, 0.3) is 11.1 Å². The SMILES string of the molecule is C[C@H](NC(=O)C(CCC(=O)O)NC(=O)OCC1c2ccccc2-c2ccccc21)C1CCCCC1. The van der Waals surface area contributed by atoms with Gasteiger partial charge in [-0.3, -0.25) is 9.59 Å². The predicted octanol–water partition coefficient (Wildman–Crippen LogP) is 4.84. The van der Waals surface area contributed by atoms with E-state index in [0.717, 1.165) is 47.9 Å². The molecule has 1 saturated carbocycles. The number of nitrogens with one attached hydrogen (secondary N) is 2. The maximum absolute atomic E-state index is 13.0. The highest BCUT2D eigenvalue weighted by molar-refractivity contribution is 5.86. The third-order valence-corrected chi connectivity index (χ3v) is 7.33. The van der Waals surface area contributed by atoms with Crippen LogP contribution in [0.3, 0.4) is 0 Å². The fraction of sp³-hybridized carbons (Fsp3) is 0.464. The molecule has 2 aliphatic carbocycles. The van der Waals surface area contributed by atoms with Gasteiger partial charge in [0.15, 0.2) is 0 Å². The highest BCUT2D eigenvalue weighted by atomic mass is 16.5. The number of carbonyl (C=O) groups is 3. The Hall–Kier alpha value is -3.35. The molecule has 1 unspecified atom stereocenters. The number of ether oxygens (including phenoxy) is 1. The van der Waals surface area contributed by atoms with Gasteiger partial charge in [0.25, 0.3) is 0 Å². The largest absolute Gasteiger partial charge is 0.481 e. The van der Waals surface area contributed by atoms with Crippen LogP contribution in [0.2, 0.25) is 0 Å². The van der Waals surface area contributed by atoms with Gasteiger partial charge in [-0.2, -0.15) is 0 Å². The minimum absolute atomic E-state index is 0.00273. The van der Waals surface area contributed by atoms with Crippen molar-refractivity contribution < 1.29 is 24.2 Å². The van der Waals surface area contributed by atoms with Crippen LogP contribution in [-0.4, -0.2) is 41.8 Å². The van der Waals surface area contributed by atoms with Gasteiger partial charge in [0.1, 0.15) is 12.6 Å². The van der Waals surface area contributed by atoms with Crippen molar-refractivity contribution in [3.8, 4) is 11.1 Å². The van der Waals surface area contributed by atoms with E-state index >= 15 is 0 Å². The Kier molecular flexibility index (Phi) is 8.06. The summed E-state index contributed by atoms with van der Waals surface area (Å²) in [6, 6.07) is 15.1. The first-order chi connectivity index (χ1) is 16.9. The average Bonchev–Trinajstić information content (AvgIpc) is 3.19. The molecule has 3 N–H and O–H groups in total. The molecule has 2 atom stereocenters. The number of carboxylic acids is 1. The van der Waals surface area contributed by atoms with E-state index in [2.05, 4.69) is 22.8 Å². The summed E-state index contributed by atoms with van der Waals surface area (Å²) < 4.78 is 5.57. The minimum Gasteiger partial charge on any atom is -0.481 e. The molecule has 4 rings (SSSR count). The van der Waals surface area contributed by atoms with E-state index in [1.165, 1.54) is 6.42 Å². The van der Waals surface area contributed by atoms with Gasteiger partial charge in [-0.1, -0.05) is 67.8 Å². The number of fused-ring (bicyclic) bond motifs is 3. The molecule has 186 valence electrons. The average molecular weight is 479 g/mol. The van der Waals surface area contributed by atoms with E-state index in [9.17, 15) is 14.4 Å². The van der Waals surface area contributed by atoms with Crippen molar-refractivity contribution >= 4 is 18.0 Å². The lowest BCUT2D eigenvalue weighted by Crippen LogP contribution is -2.51. The molecule has 35 heavy (non-hydrogen) atoms. The summed E-state index contributed by atoms with van der Waals surface area (Å²) in [6.45, 7) is 2.11. The third-order valence-electron chi connectivity index (χ3n) is 7.33. The van der Waals surface area contributed by atoms with Crippen molar-refractivity contribution in [2.75, 3.05) is 6.61 Å². The minimum atomic E-state index is -1.02. The quantitative estimate of drug-likeness (QED) is 0.478. The zero-order valence-corrected chi connectivity index (χ0v) is 20.2. The van der Waals surface area contributed by atoms with Crippen LogP contribution >= 0.6 is 0 Å². The summed E-state index contributed by atoms with van der Waals surface area (Å²) in [6.07, 6.45) is 4.74. The highest BCUT2D eigenvalue weighted by Gasteiger charge is 2.30. The first-order valence-electron chi connectivity index (χ1n) is 12.6. The lowest BCUT2D eigenvalue weighted by Gasteiger charge is -2.29. The molecule has 0 saturated heterocycles. The second-order valence-corrected chi connectivity index (χ2v) is 9.65. The van der Waals surface area contributed by atoms with Crippen LogP contribution in [0.4, 0.5) is 4.79 Å². The van der Waals surface area contributed by atoms with E-state index < -0.39 is 18.1 Å². The summed E-state index contributed by atoms with van der Waals surface area (Å²) >= 11 is 0. The van der Waals surface area contributed by atoms with Gasteiger partial charge < -0.3 is 20.5 Å². The fourth-order valence-electron chi connectivity index (χ4n) is 5.40. The Bertz CT molecular complexity index is 1020. The molecule has 2 aromatic carbocycles. The Labute approximate surface area is 206 Å². The monoisotopic (exact) mass is 478 g/mol. The zero-order valence-electron chi connectivity index (χ0n) is 20.2. The number of carboxylic acid groups (broad SMARTS) is 1. The van der Waals surface area contributed by atoms with Crippen molar-refractivity contribution in [1.29, 1.82) is 0 Å². The number of benzene rings is 2. The summed E-state index contributed by atoms with van der Waals surface area (Å²) in [4.78, 5) is 36.8. The Morgan fingerprint density at radius 2 is 1.54 bits per heavy atom. The first-order valence-corrected chi connectivity index (χ1v) is 12.6. The molecular weight excluding hydrogens is 444 g/mol. The summed E-state index contributed by atoms with van der Waals surface area (Å²) in [5, 5.41) is 14.7. The van der Waals surface area contributed by atoms with Crippen LogP contribution < -0.4 is 10.6 Å². The second kappa shape index (κ2) is 11.4. The molecular formula is C28H34N2O5. The second-order valence-electron chi connectivity index (χ2n) is 9.65. The van der Waals surface area contributed by atoms with Crippen LogP contribution in [0, 0.1) is 5.92 Å². The van der Waals surface area contributed by atoms with Gasteiger partial charge in [0.05, 0.1) is 0 Å². The molecule has 0 aliphatic heterocycles. The van der Waals surface area contributed by atoms with Gasteiger partial charge >= 0.3 is 12.1 Å². The number of amides is 2. The third kappa shape index (κ3) is 6.02. The summed E-state index contributed by atoms with van der Waals surface area (Å²) in [5.74, 6) is -1.07. The van der Waals surface area contributed by atoms with Crippen molar-refractivity contribution in [3.05, 3.63) is 59.7 Å². The van der Waals surface area contributed by atoms with Crippen LogP contribution in [0.15, 0.2) is 48.5 Å². The van der Waals surface area contributed by atoms with Gasteiger partial charge in [-0.05, 0) is 54.4 Å². The Morgan fingerprint density at radius 1 is 0.943 bits per heavy atom. The molecule has 2 aromatic rings. The maximum atomic E-state index is 13.0. The lowest BCUT2D eigenvalue weighted by atomic mass is 9.84. The molecule has 1 fully saturated rings. The lowest BCUT2D eigenvalue weighted by molar-refractivity contribution is -0.137. The molecule has 0 aromatic heterocycles. The Balaban J connectivity index is 1.38. The van der Waals surface area contributed by atoms with E-state index in [1.807, 2.05) is 43.3 Å². The standard InChI is InChI=1S/C28H34N2O5/c1-18(19-9-3-2-4-10-19)29-27(33)25(15-16-26(31)32)30-28(34)35-17-24-22-13-7-5-11-20(22)21-12-6-8-14-23(21)24/h5-8,11-14,18-19,24-25H,2-4,9-10,15-17H2,1H3,(H,29,33)(H,30,34)(H,31,32)/t18-,25?/m0/s1. The number of alkyl carbamates (subject to hydrolysis) is 1. The number of hydrogen-bond donors (Lipinski definition) is 3. The molecule has 2 aliphatic rings. The van der Waals surface area contributed by atoms with Crippen molar-refractivity contribution in [1.82, 2.24) is 10.6 Å². The predicted molar refractivity (Wildman–Crippen MR) is 133 cm³/mol. The molecule has 0 bridgehead atoms. The van der Waals surface area contributed by atoms with Crippen LogP contribution in [0.5, 0.6) is 0 Å². The molecule has 7 heteroatoms. The molecule has 2 amide bonds. The molecule has 7 nitrogen and oxygen atoms in total. The molecule has 0 radical (unpaired) electrons. The van der Waals surface area contributed by atoms with Crippen LogP contribution in [0.1, 0.15) is 68.9 Å². The first kappa shape index (κ1) is 24.8. The Morgan fingerprint density at radius 3 is 2.14 bits per heavy atom. The smallest absolute Gasteiger partial charge is 0.407 e. The molecule has 0 heterocycles. The number of carbonyl (C=O) groups excluding carboxylic acids is 2. The highest BCUT2D eigenvalue weighted by Crippen LogP contribution is 2.44. The van der Waals surface area contributed by atoms with E-state index in [0.29, 0.717) is 5.92 Å². The van der Waals surface area contributed by atoms with Crippen LogP contribution in [-0.2, 0) is 14.3 Å². The van der Waals surface area contributed by atoms with Gasteiger partial charge in [-0.25, -0.2) is 4.79 Å². The van der Waals surface area contributed by atoms with Crippen molar-refractivity contribution in [3.63, 3.8) is 0 Å². The zero-order chi connectivity index (χ0) is 24.8. The van der Waals surface area contributed by atoms with Gasteiger partial charge in [-0.15, -0.1) is 0 Å². The van der Waals surface area contributed by atoms with E-state index in [1.54, 1.807) is 0 Å². The normalized spacial score (nSPS) is 17.1. The topological polar surface area (TPSA) is 105 Å². The maximum Gasteiger partial charge on any atom is 0.407 e. The molecule has 0 spiro atoms. The fourth-order valence-corrected chi connectivity index (χ4v) is 5.40. The van der Waals surface area contributed by atoms with Crippen molar-refractivity contribution in [2.45, 2.75) is 69.9 Å².